The molecule has 9 nitrogen and oxygen atoms in total. The number of amides is 1. The van der Waals surface area contributed by atoms with Crippen LogP contribution in [0.3, 0.4) is 0 Å². The van der Waals surface area contributed by atoms with Gasteiger partial charge in [-0.15, -0.1) is 11.3 Å². The van der Waals surface area contributed by atoms with Crippen molar-refractivity contribution in [2.24, 2.45) is 0 Å². The third-order valence-corrected chi connectivity index (χ3v) is 9.85. The number of aliphatic hydroxyl groups is 1. The van der Waals surface area contributed by atoms with E-state index >= 15 is 0 Å². The van der Waals surface area contributed by atoms with E-state index in [-0.39, 0.29) is 22.9 Å². The van der Waals surface area contributed by atoms with Crippen molar-refractivity contribution in [3.8, 4) is 27.9 Å². The first-order chi connectivity index (χ1) is 19.1. The zero-order valence-electron chi connectivity index (χ0n) is 21.6. The zero-order chi connectivity index (χ0) is 28.2. The van der Waals surface area contributed by atoms with Gasteiger partial charge in [0.05, 0.1) is 10.6 Å². The standard InChI is InChI=1S/C29H23N5O4S2/c1-18-8-10-21(11-9-18)40(37,38)34-17-23(22-7-4-13-31-26(22)34)27-32-25(24(16-30)39-27)19-5-3-6-20(15-19)29(36)12-14-33(2)28(29)35/h3-11,13,15,17,36H,12,14H2,1-2H3/t29-/m1/s1. The van der Waals surface area contributed by atoms with E-state index in [0.29, 0.717) is 44.2 Å². The van der Waals surface area contributed by atoms with Crippen LogP contribution in [0.1, 0.15) is 22.4 Å². The molecule has 2 aromatic carbocycles. The van der Waals surface area contributed by atoms with Crippen molar-refractivity contribution < 1.29 is 18.3 Å². The zero-order valence-corrected chi connectivity index (χ0v) is 23.2. The predicted molar refractivity (Wildman–Crippen MR) is 151 cm³/mol. The summed E-state index contributed by atoms with van der Waals surface area (Å²) in [5, 5.41) is 22.1. The Balaban J connectivity index is 1.48. The van der Waals surface area contributed by atoms with Crippen LogP contribution in [0.25, 0.3) is 32.9 Å². The summed E-state index contributed by atoms with van der Waals surface area (Å²) in [6, 6.07) is 19.1. The Hall–Kier alpha value is -4.37. The number of fused-ring (bicyclic) bond motifs is 1. The number of rotatable bonds is 5. The number of aryl methyl sites for hydroxylation is 1. The number of hydrogen-bond acceptors (Lipinski definition) is 8. The molecule has 1 aliphatic heterocycles. The lowest BCUT2D eigenvalue weighted by molar-refractivity contribution is -0.143. The van der Waals surface area contributed by atoms with Crippen molar-refractivity contribution in [3.63, 3.8) is 0 Å². The predicted octanol–water partition coefficient (Wildman–Crippen LogP) is 4.29. The van der Waals surface area contributed by atoms with Gasteiger partial charge in [0.2, 0.25) is 0 Å². The van der Waals surface area contributed by atoms with Crippen molar-refractivity contribution in [3.05, 3.63) is 89.1 Å². The van der Waals surface area contributed by atoms with Crippen LogP contribution >= 0.6 is 11.3 Å². The Bertz CT molecular complexity index is 1950. The van der Waals surface area contributed by atoms with Crippen LogP contribution in [-0.2, 0) is 20.4 Å². The van der Waals surface area contributed by atoms with Crippen LogP contribution in [0.2, 0.25) is 0 Å². The number of pyridine rings is 1. The molecule has 1 amide bonds. The smallest absolute Gasteiger partial charge is 0.269 e. The molecule has 40 heavy (non-hydrogen) atoms. The van der Waals surface area contributed by atoms with Crippen molar-refractivity contribution >= 4 is 38.3 Å². The Morgan fingerprint density at radius 2 is 1.90 bits per heavy atom. The van der Waals surface area contributed by atoms with Gasteiger partial charge >= 0.3 is 0 Å². The maximum atomic E-state index is 13.6. The summed E-state index contributed by atoms with van der Waals surface area (Å²) >= 11 is 1.14. The average molecular weight is 570 g/mol. The number of likely N-dealkylation sites (N-methyl/N-ethyl adjacent to an activating group) is 1. The molecule has 4 heterocycles. The van der Waals surface area contributed by atoms with Crippen molar-refractivity contribution in [1.29, 1.82) is 5.26 Å². The fourth-order valence-corrected chi connectivity index (χ4v) is 7.19. The molecule has 0 bridgehead atoms. The molecule has 6 rings (SSSR count). The molecule has 1 saturated heterocycles. The van der Waals surface area contributed by atoms with Gasteiger partial charge in [-0.05, 0) is 42.8 Å². The molecule has 3 aromatic heterocycles. The monoisotopic (exact) mass is 569 g/mol. The van der Waals surface area contributed by atoms with E-state index in [1.54, 1.807) is 67.7 Å². The van der Waals surface area contributed by atoms with E-state index < -0.39 is 15.6 Å². The summed E-state index contributed by atoms with van der Waals surface area (Å²) in [7, 11) is -2.31. The van der Waals surface area contributed by atoms with E-state index in [1.807, 2.05) is 6.92 Å². The van der Waals surface area contributed by atoms with E-state index in [2.05, 4.69) is 11.1 Å². The van der Waals surface area contributed by atoms with Crippen LogP contribution in [-0.4, -0.2) is 51.9 Å². The molecule has 11 heteroatoms. The first-order valence-electron chi connectivity index (χ1n) is 12.4. The summed E-state index contributed by atoms with van der Waals surface area (Å²) < 4.78 is 28.3. The van der Waals surface area contributed by atoms with Gasteiger partial charge in [-0.3, -0.25) is 4.79 Å². The molecule has 1 atom stereocenters. The average Bonchev–Trinajstić information content (AvgIpc) is 3.64. The highest BCUT2D eigenvalue weighted by molar-refractivity contribution is 7.90. The van der Waals surface area contributed by atoms with Crippen LogP contribution < -0.4 is 0 Å². The van der Waals surface area contributed by atoms with Gasteiger partial charge in [0.1, 0.15) is 16.0 Å². The van der Waals surface area contributed by atoms with Crippen LogP contribution in [0, 0.1) is 18.3 Å². The van der Waals surface area contributed by atoms with Crippen molar-refractivity contribution in [2.45, 2.75) is 23.8 Å². The number of thiazole rings is 1. The fraction of sp³-hybridized carbons (Fsp3) is 0.172. The molecule has 0 unspecified atom stereocenters. The molecule has 0 spiro atoms. The summed E-state index contributed by atoms with van der Waals surface area (Å²) in [6.07, 6.45) is 3.28. The lowest BCUT2D eigenvalue weighted by atomic mass is 9.90. The lowest BCUT2D eigenvalue weighted by Gasteiger charge is -2.21. The third-order valence-electron chi connectivity index (χ3n) is 7.19. The minimum atomic E-state index is -3.96. The topological polar surface area (TPSA) is 129 Å². The van der Waals surface area contributed by atoms with Crippen molar-refractivity contribution in [1.82, 2.24) is 18.8 Å². The summed E-state index contributed by atoms with van der Waals surface area (Å²) in [5.41, 5.74) is 1.47. The normalized spacial score (nSPS) is 17.4. The van der Waals surface area contributed by atoms with Gasteiger partial charge in [0.15, 0.2) is 11.2 Å². The van der Waals surface area contributed by atoms with Crippen molar-refractivity contribution in [2.75, 3.05) is 13.6 Å². The first kappa shape index (κ1) is 25.9. The molecule has 1 aliphatic rings. The maximum Gasteiger partial charge on any atom is 0.269 e. The summed E-state index contributed by atoms with van der Waals surface area (Å²) in [6.45, 7) is 2.32. The van der Waals surface area contributed by atoms with E-state index in [9.17, 15) is 23.6 Å². The fourth-order valence-electron chi connectivity index (χ4n) is 4.96. The number of benzene rings is 2. The molecule has 0 saturated carbocycles. The summed E-state index contributed by atoms with van der Waals surface area (Å²) in [5.74, 6) is -0.376. The highest BCUT2D eigenvalue weighted by Gasteiger charge is 2.45. The second-order valence-electron chi connectivity index (χ2n) is 9.76. The maximum absolute atomic E-state index is 13.6. The minimum Gasteiger partial charge on any atom is -0.375 e. The number of hydrogen-bond donors (Lipinski definition) is 1. The highest BCUT2D eigenvalue weighted by Crippen LogP contribution is 2.40. The SMILES string of the molecule is Cc1ccc(S(=O)(=O)n2cc(-c3nc(-c4cccc([C@]5(O)CCN(C)C5=O)c4)c(C#N)s3)c3cccnc32)cc1. The second kappa shape index (κ2) is 9.38. The number of likely N-dealkylation sites (tertiary alicyclic amines) is 1. The first-order valence-corrected chi connectivity index (χ1v) is 14.7. The molecule has 0 radical (unpaired) electrons. The van der Waals surface area contributed by atoms with Gasteiger partial charge < -0.3 is 10.0 Å². The number of carbonyl (C=O) groups excluding carboxylic acids is 1. The molecule has 200 valence electrons. The van der Waals surface area contributed by atoms with Crippen LogP contribution in [0.5, 0.6) is 0 Å². The van der Waals surface area contributed by atoms with Gasteiger partial charge in [0, 0.05) is 48.9 Å². The number of nitriles is 1. The minimum absolute atomic E-state index is 0.131. The number of aromatic nitrogens is 3. The third kappa shape index (κ3) is 4.00. The Morgan fingerprint density at radius 1 is 1.12 bits per heavy atom. The quantitative estimate of drug-likeness (QED) is 0.334. The number of carbonyl (C=O) groups is 1. The highest BCUT2D eigenvalue weighted by atomic mass is 32.2. The molecular formula is C29H23N5O4S2. The summed E-state index contributed by atoms with van der Waals surface area (Å²) in [4.78, 5) is 23.7. The molecule has 1 fully saturated rings. The molecular weight excluding hydrogens is 546 g/mol. The van der Waals surface area contributed by atoms with Crippen LogP contribution in [0.15, 0.2) is 78.0 Å². The molecule has 1 N–H and O–H groups in total. The van der Waals surface area contributed by atoms with Gasteiger partial charge in [0.25, 0.3) is 15.9 Å². The van der Waals surface area contributed by atoms with E-state index in [1.165, 1.54) is 17.3 Å². The van der Waals surface area contributed by atoms with Gasteiger partial charge in [-0.1, -0.05) is 35.9 Å². The Kier molecular flexibility index (Phi) is 6.07. The Morgan fingerprint density at radius 3 is 2.60 bits per heavy atom. The van der Waals surface area contributed by atoms with Gasteiger partial charge in [-0.2, -0.15) is 5.26 Å². The lowest BCUT2D eigenvalue weighted by Crippen LogP contribution is -2.36. The second-order valence-corrected chi connectivity index (χ2v) is 12.6. The Labute approximate surface area is 234 Å². The van der Waals surface area contributed by atoms with Gasteiger partial charge in [-0.25, -0.2) is 22.4 Å². The van der Waals surface area contributed by atoms with E-state index in [0.717, 1.165) is 20.9 Å². The largest absolute Gasteiger partial charge is 0.375 e. The number of nitrogens with zero attached hydrogens (tertiary/aromatic N) is 5. The van der Waals surface area contributed by atoms with E-state index in [4.69, 9.17) is 4.98 Å². The molecule has 5 aromatic rings. The molecule has 0 aliphatic carbocycles. The van der Waals surface area contributed by atoms with Crippen LogP contribution in [0.4, 0.5) is 0 Å².